The zero-order valence-corrected chi connectivity index (χ0v) is 16.0. The van der Waals surface area contributed by atoms with Crippen LogP contribution in [-0.2, 0) is 14.3 Å². The summed E-state index contributed by atoms with van der Waals surface area (Å²) in [6, 6.07) is 13.8. The number of hydrogen-bond acceptors (Lipinski definition) is 5. The molecule has 0 amide bonds. The minimum Gasteiger partial charge on any atom is -0.468 e. The number of carbonyl (C=O) groups excluding carboxylic acids is 2. The van der Waals surface area contributed by atoms with Crippen LogP contribution in [0.4, 0.5) is 0 Å². The number of rotatable bonds is 3. The number of methoxy groups -OCH3 is 1. The normalized spacial score (nSPS) is 24.4. The Labute approximate surface area is 164 Å². The van der Waals surface area contributed by atoms with Crippen LogP contribution in [0.5, 0.6) is 0 Å². The molecular weight excluding hydrogens is 352 g/mol. The number of pyridine rings is 1. The van der Waals surface area contributed by atoms with E-state index in [0.717, 1.165) is 16.8 Å². The average molecular weight is 374 g/mol. The van der Waals surface area contributed by atoms with Gasteiger partial charge < -0.3 is 4.74 Å². The third-order valence-corrected chi connectivity index (χ3v) is 5.66. The number of aliphatic imine (C=N–C) groups is 1. The number of ketones is 1. The van der Waals surface area contributed by atoms with Gasteiger partial charge >= 0.3 is 5.97 Å². The summed E-state index contributed by atoms with van der Waals surface area (Å²) >= 11 is 0. The van der Waals surface area contributed by atoms with E-state index in [1.165, 1.54) is 7.11 Å². The molecule has 0 saturated carbocycles. The molecule has 2 heterocycles. The van der Waals surface area contributed by atoms with Crippen LogP contribution in [0, 0.1) is 5.92 Å². The minimum absolute atomic E-state index is 0.0501. The first kappa shape index (κ1) is 18.3. The van der Waals surface area contributed by atoms with Gasteiger partial charge in [0, 0.05) is 41.7 Å². The lowest BCUT2D eigenvalue weighted by molar-refractivity contribution is -0.143. The smallest absolute Gasteiger partial charge is 0.315 e. The van der Waals surface area contributed by atoms with Gasteiger partial charge in [-0.05, 0) is 36.5 Å². The van der Waals surface area contributed by atoms with Crippen LogP contribution in [0.25, 0.3) is 0 Å². The highest BCUT2D eigenvalue weighted by atomic mass is 16.5. The number of benzene rings is 1. The summed E-state index contributed by atoms with van der Waals surface area (Å²) in [5, 5.41) is 0. The van der Waals surface area contributed by atoms with Crippen molar-refractivity contribution in [3.63, 3.8) is 0 Å². The second-order valence-corrected chi connectivity index (χ2v) is 7.32. The molecule has 142 valence electrons. The van der Waals surface area contributed by atoms with E-state index in [4.69, 9.17) is 9.73 Å². The van der Waals surface area contributed by atoms with Crippen LogP contribution in [-0.4, -0.2) is 29.6 Å². The molecule has 0 saturated heterocycles. The van der Waals surface area contributed by atoms with E-state index in [0.29, 0.717) is 24.1 Å². The third kappa shape index (κ3) is 3.17. The monoisotopic (exact) mass is 374 g/mol. The molecule has 2 aliphatic rings. The van der Waals surface area contributed by atoms with E-state index >= 15 is 0 Å². The summed E-state index contributed by atoms with van der Waals surface area (Å²) in [4.78, 5) is 34.7. The number of hydrogen-bond donors (Lipinski definition) is 0. The molecular formula is C23H22N2O3. The van der Waals surface area contributed by atoms with Crippen molar-refractivity contribution in [2.45, 2.75) is 31.6 Å². The van der Waals surface area contributed by atoms with Crippen LogP contribution < -0.4 is 0 Å². The molecule has 1 aliphatic carbocycles. The topological polar surface area (TPSA) is 68.6 Å². The first-order valence-electron chi connectivity index (χ1n) is 9.44. The summed E-state index contributed by atoms with van der Waals surface area (Å²) in [6.45, 7) is 1.84. The highest BCUT2D eigenvalue weighted by Crippen LogP contribution is 2.46. The first-order valence-corrected chi connectivity index (χ1v) is 9.44. The van der Waals surface area contributed by atoms with Gasteiger partial charge in [-0.25, -0.2) is 0 Å². The van der Waals surface area contributed by atoms with Crippen molar-refractivity contribution >= 4 is 17.5 Å². The molecule has 28 heavy (non-hydrogen) atoms. The van der Waals surface area contributed by atoms with Crippen molar-refractivity contribution in [1.29, 1.82) is 0 Å². The van der Waals surface area contributed by atoms with E-state index in [1.807, 2.05) is 37.3 Å². The van der Waals surface area contributed by atoms with Crippen LogP contribution >= 0.6 is 0 Å². The number of ether oxygens (including phenoxy) is 1. The summed E-state index contributed by atoms with van der Waals surface area (Å²) < 4.78 is 5.04. The van der Waals surface area contributed by atoms with Crippen molar-refractivity contribution in [2.24, 2.45) is 10.9 Å². The quantitative estimate of drug-likeness (QED) is 0.766. The molecule has 4 rings (SSSR count). The van der Waals surface area contributed by atoms with Gasteiger partial charge in [-0.2, -0.15) is 0 Å². The van der Waals surface area contributed by atoms with Gasteiger partial charge in [0.25, 0.3) is 0 Å². The highest BCUT2D eigenvalue weighted by molar-refractivity contribution is 6.09. The minimum atomic E-state index is -0.606. The van der Waals surface area contributed by atoms with Gasteiger partial charge in [-0.3, -0.25) is 19.6 Å². The molecule has 0 fully saturated rings. The zero-order chi connectivity index (χ0) is 19.7. The van der Waals surface area contributed by atoms with Crippen LogP contribution in [0.15, 0.2) is 71.1 Å². The summed E-state index contributed by atoms with van der Waals surface area (Å²) in [7, 11) is 1.37. The molecule has 1 aromatic carbocycles. The van der Waals surface area contributed by atoms with Gasteiger partial charge in [0.05, 0.1) is 7.11 Å². The Morgan fingerprint density at radius 2 is 1.82 bits per heavy atom. The molecule has 1 aromatic heterocycles. The zero-order valence-electron chi connectivity index (χ0n) is 16.0. The van der Waals surface area contributed by atoms with Crippen molar-refractivity contribution in [1.82, 2.24) is 4.98 Å². The Balaban J connectivity index is 1.81. The number of esters is 1. The Morgan fingerprint density at radius 1 is 1.07 bits per heavy atom. The first-order chi connectivity index (χ1) is 13.6. The predicted octanol–water partition coefficient (Wildman–Crippen LogP) is 3.83. The van der Waals surface area contributed by atoms with Gasteiger partial charge in [-0.15, -0.1) is 0 Å². The molecule has 5 nitrogen and oxygen atoms in total. The lowest BCUT2D eigenvalue weighted by Gasteiger charge is -2.36. The predicted molar refractivity (Wildman–Crippen MR) is 106 cm³/mol. The second-order valence-electron chi connectivity index (χ2n) is 7.32. The molecule has 5 heteroatoms. The maximum Gasteiger partial charge on any atom is 0.315 e. The van der Waals surface area contributed by atoms with Gasteiger partial charge in [0.1, 0.15) is 5.92 Å². The van der Waals surface area contributed by atoms with Crippen LogP contribution in [0.1, 0.15) is 42.7 Å². The molecule has 2 aromatic rings. The maximum absolute atomic E-state index is 13.3. The molecule has 1 aliphatic heterocycles. The molecule has 0 N–H and O–H groups in total. The van der Waals surface area contributed by atoms with E-state index in [2.05, 4.69) is 17.1 Å². The fourth-order valence-electron chi connectivity index (χ4n) is 4.37. The number of aromatic nitrogens is 1. The summed E-state index contributed by atoms with van der Waals surface area (Å²) in [5.74, 6) is -1.23. The third-order valence-electron chi connectivity index (χ3n) is 5.66. The van der Waals surface area contributed by atoms with E-state index in [-0.39, 0.29) is 17.7 Å². The van der Waals surface area contributed by atoms with Crippen molar-refractivity contribution in [2.75, 3.05) is 7.11 Å². The number of nitrogens with zero attached hydrogens (tertiary/aromatic N) is 2. The Hall–Kier alpha value is -3.08. The fraction of sp³-hybridized carbons (Fsp3) is 0.304. The van der Waals surface area contributed by atoms with Crippen LogP contribution in [0.2, 0.25) is 0 Å². The largest absolute Gasteiger partial charge is 0.468 e. The fourth-order valence-corrected chi connectivity index (χ4v) is 4.37. The van der Waals surface area contributed by atoms with Crippen molar-refractivity contribution < 1.29 is 14.3 Å². The Kier molecular flexibility index (Phi) is 4.90. The van der Waals surface area contributed by atoms with Gasteiger partial charge in [-0.1, -0.05) is 36.4 Å². The highest BCUT2D eigenvalue weighted by Gasteiger charge is 2.44. The van der Waals surface area contributed by atoms with E-state index in [9.17, 15) is 9.59 Å². The van der Waals surface area contributed by atoms with E-state index in [1.54, 1.807) is 12.4 Å². The molecule has 3 atom stereocenters. The maximum atomic E-state index is 13.3. The summed E-state index contributed by atoms with van der Waals surface area (Å²) in [5.41, 5.74) is 4.09. The second kappa shape index (κ2) is 7.50. The van der Waals surface area contributed by atoms with Crippen LogP contribution in [0.3, 0.4) is 0 Å². The molecule has 0 bridgehead atoms. The standard InChI is InChI=1S/C23H22N2O3/c1-14-20(23(27)28-2)21(16-9-6-10-24-13-16)22-18(25-14)11-17(12-19(22)26)15-7-4-3-5-8-15/h3-10,13,17,20-21H,11-12H2,1-2H3. The lowest BCUT2D eigenvalue weighted by Crippen LogP contribution is -2.37. The lowest BCUT2D eigenvalue weighted by atomic mass is 9.69. The van der Waals surface area contributed by atoms with Crippen molar-refractivity contribution in [3.8, 4) is 0 Å². The molecule has 0 spiro atoms. The SMILES string of the molecule is COC(=O)C1C(C)=NC2=C(C(=O)CC(c3ccccc3)C2)C1c1cccnc1. The van der Waals surface area contributed by atoms with Crippen molar-refractivity contribution in [3.05, 3.63) is 77.3 Å². The molecule has 3 unspecified atom stereocenters. The van der Waals surface area contributed by atoms with Gasteiger partial charge in [0.2, 0.25) is 0 Å². The Bertz CT molecular complexity index is 964. The number of carbonyl (C=O) groups is 2. The Morgan fingerprint density at radius 3 is 2.50 bits per heavy atom. The summed E-state index contributed by atoms with van der Waals surface area (Å²) in [6.07, 6.45) is 4.51. The molecule has 0 radical (unpaired) electrons. The number of allylic oxidation sites excluding steroid dienone is 2. The van der Waals surface area contributed by atoms with E-state index < -0.39 is 11.8 Å². The van der Waals surface area contributed by atoms with Gasteiger partial charge in [0.15, 0.2) is 5.78 Å². The number of Topliss-reactive ketones (excluding diaryl/α,β-unsaturated/α-hetero) is 1. The average Bonchev–Trinajstić information content (AvgIpc) is 2.73.